The van der Waals surface area contributed by atoms with E-state index in [0.29, 0.717) is 25.7 Å². The minimum absolute atomic E-state index is 0.0690. The summed E-state index contributed by atoms with van der Waals surface area (Å²) in [5, 5.41) is 3.25. The molecular formula is C9H18N2O3. The van der Waals surface area contributed by atoms with Crippen molar-refractivity contribution in [2.45, 2.75) is 25.3 Å². The van der Waals surface area contributed by atoms with Gasteiger partial charge in [-0.1, -0.05) is 0 Å². The van der Waals surface area contributed by atoms with Gasteiger partial charge in [-0.3, -0.25) is 9.63 Å². The highest BCUT2D eigenvalue weighted by atomic mass is 16.7. The van der Waals surface area contributed by atoms with Crippen molar-refractivity contribution < 1.29 is 14.4 Å². The number of hydrogen-bond donors (Lipinski definition) is 2. The maximum atomic E-state index is 11.2. The quantitative estimate of drug-likeness (QED) is 0.463. The van der Waals surface area contributed by atoms with E-state index in [4.69, 9.17) is 9.57 Å². The summed E-state index contributed by atoms with van der Waals surface area (Å²) in [6.45, 7) is 1.89. The molecule has 1 atom stereocenters. The van der Waals surface area contributed by atoms with Crippen molar-refractivity contribution in [1.82, 2.24) is 10.8 Å². The zero-order chi connectivity index (χ0) is 10.2. The lowest BCUT2D eigenvalue weighted by Crippen LogP contribution is -2.32. The maximum Gasteiger partial charge on any atom is 0.245 e. The molecule has 1 rings (SSSR count). The average molecular weight is 202 g/mol. The Kier molecular flexibility index (Phi) is 5.51. The molecule has 0 spiro atoms. The molecule has 0 aromatic carbocycles. The summed E-state index contributed by atoms with van der Waals surface area (Å²) in [5.74, 6) is -0.0690. The predicted octanol–water partition coefficient (Wildman–Crippen LogP) is -0.177. The van der Waals surface area contributed by atoms with E-state index in [-0.39, 0.29) is 5.91 Å². The van der Waals surface area contributed by atoms with Crippen molar-refractivity contribution in [2.24, 2.45) is 0 Å². The highest BCUT2D eigenvalue weighted by Gasteiger charge is 2.17. The number of ether oxygens (including phenoxy) is 1. The van der Waals surface area contributed by atoms with Crippen LogP contribution in [0.3, 0.4) is 0 Å². The van der Waals surface area contributed by atoms with E-state index in [1.807, 2.05) is 0 Å². The number of hydroxylamine groups is 1. The number of methoxy groups -OCH3 is 1. The van der Waals surface area contributed by atoms with Crippen LogP contribution in [0.1, 0.15) is 19.3 Å². The largest absolute Gasteiger partial charge is 0.382 e. The normalized spacial score (nSPS) is 21.1. The second kappa shape index (κ2) is 6.75. The van der Waals surface area contributed by atoms with Gasteiger partial charge >= 0.3 is 0 Å². The number of nitrogens with one attached hydrogen (secondary N) is 2. The van der Waals surface area contributed by atoms with Crippen LogP contribution < -0.4 is 10.8 Å². The lowest BCUT2D eigenvalue weighted by molar-refractivity contribution is -0.135. The van der Waals surface area contributed by atoms with E-state index < -0.39 is 0 Å². The maximum absolute atomic E-state index is 11.2. The van der Waals surface area contributed by atoms with Crippen LogP contribution in [-0.2, 0) is 14.4 Å². The molecule has 0 aliphatic carbocycles. The van der Waals surface area contributed by atoms with Crippen LogP contribution >= 0.6 is 0 Å². The van der Waals surface area contributed by atoms with Gasteiger partial charge in [0.05, 0.1) is 13.2 Å². The zero-order valence-corrected chi connectivity index (χ0v) is 8.54. The Hall–Kier alpha value is -0.650. The second-order valence-corrected chi connectivity index (χ2v) is 3.36. The molecule has 82 valence electrons. The third-order valence-corrected chi connectivity index (χ3v) is 2.17. The molecule has 0 aromatic rings. The number of hydrogen-bond acceptors (Lipinski definition) is 4. The SMILES string of the molecule is COCCONC(=O)CC1CCCN1. The van der Waals surface area contributed by atoms with Crippen molar-refractivity contribution in [2.75, 3.05) is 26.9 Å². The Morgan fingerprint density at radius 1 is 1.57 bits per heavy atom. The summed E-state index contributed by atoms with van der Waals surface area (Å²) in [5.41, 5.74) is 2.39. The van der Waals surface area contributed by atoms with Gasteiger partial charge in [-0.15, -0.1) is 0 Å². The van der Waals surface area contributed by atoms with E-state index in [2.05, 4.69) is 10.8 Å². The van der Waals surface area contributed by atoms with E-state index in [1.54, 1.807) is 7.11 Å². The fraction of sp³-hybridized carbons (Fsp3) is 0.889. The van der Waals surface area contributed by atoms with Crippen molar-refractivity contribution in [1.29, 1.82) is 0 Å². The lowest BCUT2D eigenvalue weighted by Gasteiger charge is -2.09. The predicted molar refractivity (Wildman–Crippen MR) is 51.6 cm³/mol. The summed E-state index contributed by atoms with van der Waals surface area (Å²) in [4.78, 5) is 16.1. The van der Waals surface area contributed by atoms with Gasteiger partial charge in [-0.05, 0) is 19.4 Å². The molecule has 1 aliphatic rings. The molecule has 1 saturated heterocycles. The first kappa shape index (κ1) is 11.4. The number of amides is 1. The fourth-order valence-corrected chi connectivity index (χ4v) is 1.45. The van der Waals surface area contributed by atoms with Gasteiger partial charge < -0.3 is 10.1 Å². The van der Waals surface area contributed by atoms with Crippen LogP contribution in [0.15, 0.2) is 0 Å². The number of carbonyl (C=O) groups is 1. The Bertz CT molecular complexity index is 169. The van der Waals surface area contributed by atoms with Crippen molar-refractivity contribution in [3.63, 3.8) is 0 Å². The van der Waals surface area contributed by atoms with Crippen LogP contribution in [0, 0.1) is 0 Å². The van der Waals surface area contributed by atoms with Gasteiger partial charge in [0, 0.05) is 19.6 Å². The molecule has 1 heterocycles. The Balaban J connectivity index is 1.98. The summed E-state index contributed by atoms with van der Waals surface area (Å²) < 4.78 is 4.77. The average Bonchev–Trinajstić information content (AvgIpc) is 2.65. The highest BCUT2D eigenvalue weighted by Crippen LogP contribution is 2.07. The lowest BCUT2D eigenvalue weighted by atomic mass is 10.1. The van der Waals surface area contributed by atoms with Gasteiger partial charge in [0.2, 0.25) is 5.91 Å². The Morgan fingerprint density at radius 2 is 2.43 bits per heavy atom. The van der Waals surface area contributed by atoms with Crippen molar-refractivity contribution in [3.8, 4) is 0 Å². The minimum Gasteiger partial charge on any atom is -0.382 e. The summed E-state index contributed by atoms with van der Waals surface area (Å²) in [6.07, 6.45) is 2.72. The molecule has 0 bridgehead atoms. The van der Waals surface area contributed by atoms with E-state index in [0.717, 1.165) is 19.4 Å². The first-order valence-corrected chi connectivity index (χ1v) is 4.96. The number of carbonyl (C=O) groups excluding carboxylic acids is 1. The topological polar surface area (TPSA) is 59.6 Å². The molecule has 0 saturated carbocycles. The summed E-state index contributed by atoms with van der Waals surface area (Å²) >= 11 is 0. The van der Waals surface area contributed by atoms with Crippen LogP contribution in [0.25, 0.3) is 0 Å². The van der Waals surface area contributed by atoms with Gasteiger partial charge in [0.25, 0.3) is 0 Å². The van der Waals surface area contributed by atoms with Gasteiger partial charge in [0.1, 0.15) is 0 Å². The van der Waals surface area contributed by atoms with Gasteiger partial charge in [0.15, 0.2) is 0 Å². The van der Waals surface area contributed by atoms with E-state index in [1.165, 1.54) is 0 Å². The molecule has 2 N–H and O–H groups in total. The fourth-order valence-electron chi connectivity index (χ4n) is 1.45. The smallest absolute Gasteiger partial charge is 0.245 e. The highest BCUT2D eigenvalue weighted by molar-refractivity contribution is 5.75. The molecule has 1 unspecified atom stereocenters. The Labute approximate surface area is 84.1 Å². The van der Waals surface area contributed by atoms with Crippen LogP contribution in [0.4, 0.5) is 0 Å². The minimum atomic E-state index is -0.0690. The third kappa shape index (κ3) is 4.55. The van der Waals surface area contributed by atoms with Crippen molar-refractivity contribution in [3.05, 3.63) is 0 Å². The molecule has 1 fully saturated rings. The molecule has 0 aromatic heterocycles. The van der Waals surface area contributed by atoms with Gasteiger partial charge in [-0.2, -0.15) is 0 Å². The molecular weight excluding hydrogens is 184 g/mol. The Morgan fingerprint density at radius 3 is 3.07 bits per heavy atom. The van der Waals surface area contributed by atoms with Crippen LogP contribution in [0.5, 0.6) is 0 Å². The molecule has 1 amide bonds. The first-order chi connectivity index (χ1) is 6.83. The standard InChI is InChI=1S/C9H18N2O3/c1-13-5-6-14-11-9(12)7-8-3-2-4-10-8/h8,10H,2-7H2,1H3,(H,11,12). The van der Waals surface area contributed by atoms with E-state index >= 15 is 0 Å². The van der Waals surface area contributed by atoms with Crippen LogP contribution in [-0.4, -0.2) is 38.8 Å². The summed E-state index contributed by atoms with van der Waals surface area (Å²) in [6, 6.07) is 0.320. The second-order valence-electron chi connectivity index (χ2n) is 3.36. The molecule has 5 heteroatoms. The zero-order valence-electron chi connectivity index (χ0n) is 8.54. The molecule has 5 nitrogen and oxygen atoms in total. The van der Waals surface area contributed by atoms with Crippen LogP contribution in [0.2, 0.25) is 0 Å². The molecule has 0 radical (unpaired) electrons. The first-order valence-electron chi connectivity index (χ1n) is 4.96. The van der Waals surface area contributed by atoms with E-state index in [9.17, 15) is 4.79 Å². The third-order valence-electron chi connectivity index (χ3n) is 2.17. The number of rotatable bonds is 6. The molecule has 1 aliphatic heterocycles. The van der Waals surface area contributed by atoms with Gasteiger partial charge in [-0.25, -0.2) is 5.48 Å². The van der Waals surface area contributed by atoms with Crippen molar-refractivity contribution >= 4 is 5.91 Å². The molecule has 14 heavy (non-hydrogen) atoms. The monoisotopic (exact) mass is 202 g/mol. The summed E-state index contributed by atoms with van der Waals surface area (Å²) in [7, 11) is 1.59.